The quantitative estimate of drug-likeness (QED) is 0.629. The van der Waals surface area contributed by atoms with Gasteiger partial charge in [-0.2, -0.15) is 0 Å². The lowest BCUT2D eigenvalue weighted by Crippen LogP contribution is -2.43. The van der Waals surface area contributed by atoms with E-state index in [2.05, 4.69) is 31.0 Å². The van der Waals surface area contributed by atoms with Crippen molar-refractivity contribution in [3.8, 4) is 5.75 Å². The van der Waals surface area contributed by atoms with Gasteiger partial charge in [0.2, 0.25) is 0 Å². The fraction of sp³-hybridized carbons (Fsp3) is 0.500. The molecule has 0 N–H and O–H groups in total. The summed E-state index contributed by atoms with van der Waals surface area (Å²) in [5.41, 5.74) is 1.08. The van der Waals surface area contributed by atoms with Gasteiger partial charge in [-0.15, -0.1) is 0 Å². The van der Waals surface area contributed by atoms with Gasteiger partial charge in [-0.3, -0.25) is 10.1 Å². The Labute approximate surface area is 118 Å². The molecule has 2 atom stereocenters. The number of likely N-dealkylation sites (tertiary alicyclic amines) is 1. The zero-order valence-electron chi connectivity index (χ0n) is 11.9. The lowest BCUT2D eigenvalue weighted by atomic mass is 9.93. The maximum Gasteiger partial charge on any atom is 0.269 e. The van der Waals surface area contributed by atoms with Crippen LogP contribution in [0.25, 0.3) is 0 Å². The maximum atomic E-state index is 10.6. The molecule has 2 unspecified atom stereocenters. The van der Waals surface area contributed by atoms with Gasteiger partial charge in [0.1, 0.15) is 0 Å². The topological polar surface area (TPSA) is 68.0 Å². The number of hydrogen-bond acceptors (Lipinski definition) is 5. The average molecular weight is 277 g/mol. The Morgan fingerprint density at radius 2 is 2.00 bits per heavy atom. The smallest absolute Gasteiger partial charge is 0.269 e. The first-order chi connectivity index (χ1) is 9.47. The van der Waals surface area contributed by atoms with E-state index in [1.807, 2.05) is 0 Å². The van der Waals surface area contributed by atoms with Crippen LogP contribution in [0.3, 0.4) is 0 Å². The van der Waals surface area contributed by atoms with Gasteiger partial charge in [0.15, 0.2) is 5.75 Å². The van der Waals surface area contributed by atoms with E-state index in [1.165, 1.54) is 12.1 Å². The number of nitro groups is 1. The molecule has 2 rings (SSSR count). The zero-order chi connectivity index (χ0) is 14.7. The molecule has 6 heteroatoms. The monoisotopic (exact) mass is 277 g/mol. The Balaban J connectivity index is 2.03. The largest absolute Gasteiger partial charge is 0.357 e. The summed E-state index contributed by atoms with van der Waals surface area (Å²) in [5.74, 6) is 0.871. The van der Waals surface area contributed by atoms with Crippen LogP contribution in [0, 0.1) is 16.0 Å². The zero-order valence-corrected chi connectivity index (χ0v) is 11.9. The molecule has 1 saturated heterocycles. The van der Waals surface area contributed by atoms with E-state index in [-0.39, 0.29) is 5.69 Å². The molecule has 0 radical (unpaired) electrons. The van der Waals surface area contributed by atoms with Crippen LogP contribution in [0.1, 0.15) is 20.3 Å². The highest BCUT2D eigenvalue weighted by Gasteiger charge is 2.25. The highest BCUT2D eigenvalue weighted by Crippen LogP contribution is 2.21. The molecule has 0 aromatic heterocycles. The SMILES string of the molecule is CC1CN(C)C(C)C/C1=N/Oc1ccc([N+](=O)[O-])cc1. The van der Waals surface area contributed by atoms with Gasteiger partial charge in [-0.1, -0.05) is 12.1 Å². The summed E-state index contributed by atoms with van der Waals surface area (Å²) in [4.78, 5) is 17.8. The molecule has 0 aliphatic carbocycles. The van der Waals surface area contributed by atoms with Crippen LogP contribution >= 0.6 is 0 Å². The second-order valence-corrected chi connectivity index (χ2v) is 5.32. The maximum absolute atomic E-state index is 10.6. The molecule has 20 heavy (non-hydrogen) atoms. The number of nitro benzene ring substituents is 1. The van der Waals surface area contributed by atoms with Crippen molar-refractivity contribution < 1.29 is 9.76 Å². The third kappa shape index (κ3) is 3.33. The van der Waals surface area contributed by atoms with Crippen molar-refractivity contribution in [1.29, 1.82) is 0 Å². The fourth-order valence-corrected chi connectivity index (χ4v) is 2.24. The van der Waals surface area contributed by atoms with Gasteiger partial charge in [-0.25, -0.2) is 0 Å². The summed E-state index contributed by atoms with van der Waals surface area (Å²) < 4.78 is 0. The van der Waals surface area contributed by atoms with Gasteiger partial charge < -0.3 is 9.74 Å². The lowest BCUT2D eigenvalue weighted by Gasteiger charge is -2.34. The summed E-state index contributed by atoms with van der Waals surface area (Å²) in [6, 6.07) is 6.40. The summed E-state index contributed by atoms with van der Waals surface area (Å²) in [5, 5.41) is 14.8. The predicted octanol–water partition coefficient (Wildman–Crippen LogP) is 2.69. The standard InChI is InChI=1S/C14H19N3O3/c1-10-9-16(3)11(2)8-14(10)15-20-13-6-4-12(5-7-13)17(18)19/h4-7,10-11H,8-9H2,1-3H3/b15-14-. The van der Waals surface area contributed by atoms with Crippen molar-refractivity contribution in [2.45, 2.75) is 26.3 Å². The summed E-state index contributed by atoms with van der Waals surface area (Å²) in [6.45, 7) is 5.25. The summed E-state index contributed by atoms with van der Waals surface area (Å²) in [7, 11) is 2.11. The molecule has 1 heterocycles. The normalized spacial score (nSPS) is 25.6. The van der Waals surface area contributed by atoms with E-state index < -0.39 is 4.92 Å². The molecule has 0 amide bonds. The average Bonchev–Trinajstić information content (AvgIpc) is 2.42. The van der Waals surface area contributed by atoms with Crippen LogP contribution < -0.4 is 4.84 Å². The van der Waals surface area contributed by atoms with Crippen LogP contribution in [0.15, 0.2) is 29.4 Å². The van der Waals surface area contributed by atoms with E-state index >= 15 is 0 Å². The molecule has 1 aromatic rings. The first-order valence-electron chi connectivity index (χ1n) is 6.66. The molecule has 1 aliphatic rings. The van der Waals surface area contributed by atoms with Gasteiger partial charge in [0, 0.05) is 37.1 Å². The van der Waals surface area contributed by atoms with Crippen molar-refractivity contribution in [2.75, 3.05) is 13.6 Å². The molecule has 1 fully saturated rings. The Hall–Kier alpha value is -1.95. The highest BCUT2D eigenvalue weighted by atomic mass is 16.6. The molecule has 1 aliphatic heterocycles. The number of rotatable bonds is 3. The number of oxime groups is 1. The van der Waals surface area contributed by atoms with Crippen LogP contribution in [-0.4, -0.2) is 35.2 Å². The number of non-ortho nitro benzene ring substituents is 1. The van der Waals surface area contributed by atoms with E-state index in [9.17, 15) is 10.1 Å². The van der Waals surface area contributed by atoms with E-state index in [0.29, 0.717) is 17.7 Å². The summed E-state index contributed by atoms with van der Waals surface area (Å²) >= 11 is 0. The molecular formula is C14H19N3O3. The van der Waals surface area contributed by atoms with Crippen LogP contribution in [0.2, 0.25) is 0 Å². The Morgan fingerprint density at radius 3 is 2.60 bits per heavy atom. The predicted molar refractivity (Wildman–Crippen MR) is 77.0 cm³/mol. The van der Waals surface area contributed by atoms with Crippen molar-refractivity contribution in [3.05, 3.63) is 34.4 Å². The fourth-order valence-electron chi connectivity index (χ4n) is 2.24. The van der Waals surface area contributed by atoms with E-state index in [0.717, 1.165) is 18.7 Å². The van der Waals surface area contributed by atoms with Gasteiger partial charge in [0.25, 0.3) is 5.69 Å². The van der Waals surface area contributed by atoms with Gasteiger partial charge >= 0.3 is 0 Å². The molecule has 108 valence electrons. The minimum atomic E-state index is -0.434. The van der Waals surface area contributed by atoms with Crippen LogP contribution in [0.4, 0.5) is 5.69 Å². The molecule has 6 nitrogen and oxygen atoms in total. The third-order valence-electron chi connectivity index (χ3n) is 3.70. The Morgan fingerprint density at radius 1 is 1.35 bits per heavy atom. The van der Waals surface area contributed by atoms with Crippen LogP contribution in [0.5, 0.6) is 5.75 Å². The minimum absolute atomic E-state index is 0.0475. The molecule has 1 aromatic carbocycles. The second kappa shape index (κ2) is 6.00. The van der Waals surface area contributed by atoms with Crippen molar-refractivity contribution in [2.24, 2.45) is 11.1 Å². The Bertz CT molecular complexity index is 513. The molecular weight excluding hydrogens is 258 g/mol. The van der Waals surface area contributed by atoms with E-state index in [4.69, 9.17) is 4.84 Å². The van der Waals surface area contributed by atoms with Crippen molar-refractivity contribution in [3.63, 3.8) is 0 Å². The lowest BCUT2D eigenvalue weighted by molar-refractivity contribution is -0.384. The highest BCUT2D eigenvalue weighted by molar-refractivity contribution is 5.87. The number of piperidine rings is 1. The number of nitrogens with zero attached hydrogens (tertiary/aromatic N) is 3. The van der Waals surface area contributed by atoms with Crippen molar-refractivity contribution in [1.82, 2.24) is 4.90 Å². The minimum Gasteiger partial charge on any atom is -0.357 e. The van der Waals surface area contributed by atoms with Gasteiger partial charge in [-0.05, 0) is 26.1 Å². The molecule has 0 spiro atoms. The number of hydrogen-bond donors (Lipinski definition) is 0. The Kier molecular flexibility index (Phi) is 4.34. The van der Waals surface area contributed by atoms with E-state index in [1.54, 1.807) is 12.1 Å². The second-order valence-electron chi connectivity index (χ2n) is 5.32. The van der Waals surface area contributed by atoms with Gasteiger partial charge in [0.05, 0.1) is 10.6 Å². The molecule has 0 saturated carbocycles. The number of benzene rings is 1. The summed E-state index contributed by atoms with van der Waals surface area (Å²) in [6.07, 6.45) is 0.880. The first kappa shape index (κ1) is 14.5. The molecule has 0 bridgehead atoms. The first-order valence-corrected chi connectivity index (χ1v) is 6.66. The van der Waals surface area contributed by atoms with Crippen molar-refractivity contribution >= 4 is 11.4 Å². The third-order valence-corrected chi connectivity index (χ3v) is 3.70. The van der Waals surface area contributed by atoms with Crippen LogP contribution in [-0.2, 0) is 0 Å².